The first-order chi connectivity index (χ1) is 10.8. The van der Waals surface area contributed by atoms with Gasteiger partial charge in [0.25, 0.3) is 0 Å². The van der Waals surface area contributed by atoms with Crippen molar-refractivity contribution in [3.63, 3.8) is 0 Å². The summed E-state index contributed by atoms with van der Waals surface area (Å²) in [7, 11) is 0. The van der Waals surface area contributed by atoms with Gasteiger partial charge in [-0.2, -0.15) is 0 Å². The van der Waals surface area contributed by atoms with Crippen molar-refractivity contribution in [1.29, 1.82) is 0 Å². The van der Waals surface area contributed by atoms with Crippen molar-refractivity contribution in [1.82, 2.24) is 4.90 Å². The molecular weight excluding hydrogens is 272 g/mol. The molecule has 2 aromatic rings. The lowest BCUT2D eigenvalue weighted by Crippen LogP contribution is -2.46. The fraction of sp³-hybridized carbons (Fsp3) is 0.368. The molecule has 1 aliphatic rings. The summed E-state index contributed by atoms with van der Waals surface area (Å²) >= 11 is 0. The third kappa shape index (κ3) is 3.95. The van der Waals surface area contributed by atoms with Crippen LogP contribution in [0.15, 0.2) is 60.7 Å². The Hall–Kier alpha value is -1.68. The smallest absolute Gasteiger partial charge is 0.0623 e. The van der Waals surface area contributed by atoms with Crippen molar-refractivity contribution in [3.8, 4) is 0 Å². The second-order valence-electron chi connectivity index (χ2n) is 5.94. The molecule has 0 aliphatic carbocycles. The summed E-state index contributed by atoms with van der Waals surface area (Å²) < 4.78 is 5.69. The first kappa shape index (κ1) is 15.2. The van der Waals surface area contributed by atoms with Gasteiger partial charge in [0.05, 0.1) is 13.2 Å². The average molecular weight is 296 g/mol. The molecule has 0 spiro atoms. The van der Waals surface area contributed by atoms with Crippen molar-refractivity contribution in [2.24, 2.45) is 5.73 Å². The van der Waals surface area contributed by atoms with E-state index < -0.39 is 0 Å². The van der Waals surface area contributed by atoms with E-state index in [1.165, 1.54) is 11.1 Å². The van der Waals surface area contributed by atoms with Crippen LogP contribution in [0.2, 0.25) is 0 Å². The molecule has 0 amide bonds. The van der Waals surface area contributed by atoms with E-state index in [1.807, 2.05) is 18.2 Å². The molecule has 22 heavy (non-hydrogen) atoms. The maximum atomic E-state index is 6.40. The van der Waals surface area contributed by atoms with Crippen LogP contribution in [0.5, 0.6) is 0 Å². The zero-order valence-electron chi connectivity index (χ0n) is 12.9. The molecule has 0 aromatic heterocycles. The highest BCUT2D eigenvalue weighted by atomic mass is 16.5. The van der Waals surface area contributed by atoms with Crippen LogP contribution in [0.3, 0.4) is 0 Å². The monoisotopic (exact) mass is 296 g/mol. The maximum Gasteiger partial charge on any atom is 0.0623 e. The van der Waals surface area contributed by atoms with Gasteiger partial charge in [0.15, 0.2) is 0 Å². The number of hydrogen-bond acceptors (Lipinski definition) is 3. The van der Waals surface area contributed by atoms with E-state index in [9.17, 15) is 0 Å². The van der Waals surface area contributed by atoms with E-state index in [0.29, 0.717) is 6.04 Å². The SMILES string of the molecule is NC(C[C@H]1COCCN1Cc1ccccc1)c1ccccc1. The zero-order chi connectivity index (χ0) is 15.2. The number of ether oxygens (including phenoxy) is 1. The number of rotatable bonds is 5. The van der Waals surface area contributed by atoms with Gasteiger partial charge in [-0.15, -0.1) is 0 Å². The van der Waals surface area contributed by atoms with E-state index >= 15 is 0 Å². The van der Waals surface area contributed by atoms with Gasteiger partial charge in [0, 0.05) is 25.2 Å². The summed E-state index contributed by atoms with van der Waals surface area (Å²) in [4.78, 5) is 2.50. The van der Waals surface area contributed by atoms with E-state index in [-0.39, 0.29) is 6.04 Å². The van der Waals surface area contributed by atoms with Gasteiger partial charge >= 0.3 is 0 Å². The maximum absolute atomic E-state index is 6.40. The van der Waals surface area contributed by atoms with Crippen molar-refractivity contribution in [3.05, 3.63) is 71.8 Å². The molecule has 2 aromatic carbocycles. The summed E-state index contributed by atoms with van der Waals surface area (Å²) in [5, 5.41) is 0. The minimum atomic E-state index is 0.0613. The molecule has 1 saturated heterocycles. The van der Waals surface area contributed by atoms with Gasteiger partial charge in [0.2, 0.25) is 0 Å². The van der Waals surface area contributed by atoms with Crippen molar-refractivity contribution in [2.75, 3.05) is 19.8 Å². The van der Waals surface area contributed by atoms with E-state index in [4.69, 9.17) is 10.5 Å². The predicted molar refractivity (Wildman–Crippen MR) is 89.4 cm³/mol. The van der Waals surface area contributed by atoms with Crippen LogP contribution in [0.1, 0.15) is 23.6 Å². The number of morpholine rings is 1. The third-order valence-electron chi connectivity index (χ3n) is 4.33. The average Bonchev–Trinajstić information content (AvgIpc) is 2.58. The molecule has 2 N–H and O–H groups in total. The third-order valence-corrected chi connectivity index (χ3v) is 4.33. The largest absolute Gasteiger partial charge is 0.378 e. The summed E-state index contributed by atoms with van der Waals surface area (Å²) in [6.07, 6.45) is 0.927. The van der Waals surface area contributed by atoms with Gasteiger partial charge in [-0.3, -0.25) is 4.90 Å². The predicted octanol–water partition coefficient (Wildman–Crippen LogP) is 2.98. The summed E-state index contributed by atoms with van der Waals surface area (Å²) in [5.41, 5.74) is 8.95. The minimum Gasteiger partial charge on any atom is -0.378 e. The van der Waals surface area contributed by atoms with Crippen LogP contribution < -0.4 is 5.73 Å². The molecule has 1 heterocycles. The van der Waals surface area contributed by atoms with E-state index in [1.54, 1.807) is 0 Å². The Labute approximate surface area is 132 Å². The summed E-state index contributed by atoms with van der Waals surface area (Å²) in [6, 6.07) is 21.4. The highest BCUT2D eigenvalue weighted by molar-refractivity contribution is 5.19. The molecule has 3 heteroatoms. The van der Waals surface area contributed by atoms with Crippen LogP contribution in [-0.2, 0) is 11.3 Å². The molecular formula is C19H24N2O. The fourth-order valence-electron chi connectivity index (χ4n) is 3.06. The number of nitrogens with two attached hydrogens (primary N) is 1. The normalized spacial score (nSPS) is 20.7. The van der Waals surface area contributed by atoms with Crippen LogP contribution in [0.4, 0.5) is 0 Å². The topological polar surface area (TPSA) is 38.5 Å². The van der Waals surface area contributed by atoms with Gasteiger partial charge < -0.3 is 10.5 Å². The Morgan fingerprint density at radius 2 is 1.73 bits per heavy atom. The Bertz CT molecular complexity index is 558. The Kier molecular flexibility index (Phi) is 5.22. The van der Waals surface area contributed by atoms with E-state index in [2.05, 4.69) is 47.4 Å². The molecule has 0 saturated carbocycles. The quantitative estimate of drug-likeness (QED) is 0.922. The van der Waals surface area contributed by atoms with Crippen LogP contribution in [0.25, 0.3) is 0 Å². The lowest BCUT2D eigenvalue weighted by Gasteiger charge is -2.37. The Morgan fingerprint density at radius 1 is 1.05 bits per heavy atom. The van der Waals surface area contributed by atoms with Crippen molar-refractivity contribution < 1.29 is 4.74 Å². The van der Waals surface area contributed by atoms with E-state index in [0.717, 1.165) is 32.7 Å². The van der Waals surface area contributed by atoms with Gasteiger partial charge in [0.1, 0.15) is 0 Å². The lowest BCUT2D eigenvalue weighted by molar-refractivity contribution is -0.0168. The summed E-state index contributed by atoms with van der Waals surface area (Å²) in [5.74, 6) is 0. The van der Waals surface area contributed by atoms with Gasteiger partial charge in [-0.05, 0) is 17.5 Å². The second-order valence-corrected chi connectivity index (χ2v) is 5.94. The molecule has 0 bridgehead atoms. The number of nitrogens with zero attached hydrogens (tertiary/aromatic N) is 1. The first-order valence-electron chi connectivity index (χ1n) is 7.99. The number of hydrogen-bond donors (Lipinski definition) is 1. The lowest BCUT2D eigenvalue weighted by atomic mass is 9.98. The molecule has 3 rings (SSSR count). The van der Waals surface area contributed by atoms with Crippen LogP contribution in [0, 0.1) is 0 Å². The molecule has 1 aliphatic heterocycles. The molecule has 3 nitrogen and oxygen atoms in total. The van der Waals surface area contributed by atoms with Crippen LogP contribution in [-0.4, -0.2) is 30.7 Å². The van der Waals surface area contributed by atoms with Crippen LogP contribution >= 0.6 is 0 Å². The first-order valence-corrected chi connectivity index (χ1v) is 7.99. The van der Waals surface area contributed by atoms with Crippen molar-refractivity contribution >= 4 is 0 Å². The highest BCUT2D eigenvalue weighted by Crippen LogP contribution is 2.22. The molecule has 2 atom stereocenters. The molecule has 1 fully saturated rings. The molecule has 1 unspecified atom stereocenters. The fourth-order valence-corrected chi connectivity index (χ4v) is 3.06. The molecule has 0 radical (unpaired) electrons. The zero-order valence-corrected chi connectivity index (χ0v) is 12.9. The van der Waals surface area contributed by atoms with Gasteiger partial charge in [-0.25, -0.2) is 0 Å². The minimum absolute atomic E-state index is 0.0613. The van der Waals surface area contributed by atoms with Crippen molar-refractivity contribution in [2.45, 2.75) is 25.0 Å². The Morgan fingerprint density at radius 3 is 2.45 bits per heavy atom. The van der Waals surface area contributed by atoms with Gasteiger partial charge in [-0.1, -0.05) is 60.7 Å². The number of benzene rings is 2. The highest BCUT2D eigenvalue weighted by Gasteiger charge is 2.25. The standard InChI is InChI=1S/C19H24N2O/c20-19(17-9-5-2-6-10-17)13-18-15-22-12-11-21(18)14-16-7-3-1-4-8-16/h1-10,18-19H,11-15,20H2/t18-,19?/m0/s1. The molecule has 116 valence electrons. The Balaban J connectivity index is 1.65. The second kappa shape index (κ2) is 7.54. The summed E-state index contributed by atoms with van der Waals surface area (Å²) in [6.45, 7) is 3.52.